The molecular formula is C6H4Cl2F8S2. The summed E-state index contributed by atoms with van der Waals surface area (Å²) in [4.78, 5) is -4.85. The summed E-state index contributed by atoms with van der Waals surface area (Å²) >= 11 is 0. The highest BCUT2D eigenvalue weighted by Gasteiger charge is 2.66. The summed E-state index contributed by atoms with van der Waals surface area (Å²) in [5.41, 5.74) is 0. The molecule has 1 aromatic carbocycles. The fraction of sp³-hybridized carbons (Fsp3) is 0. The zero-order valence-electron chi connectivity index (χ0n) is 7.91. The first-order valence-corrected chi connectivity index (χ1v) is 9.53. The number of rotatable bonds is 2. The first kappa shape index (κ1) is 16.0. The monoisotopic (exact) mass is 362 g/mol. The van der Waals surface area contributed by atoms with E-state index in [-0.39, 0.29) is 18.2 Å². The van der Waals surface area contributed by atoms with Crippen molar-refractivity contribution in [3.63, 3.8) is 0 Å². The predicted octanol–water partition coefficient (Wildman–Crippen LogP) is 7.54. The molecule has 0 spiro atoms. The molecule has 1 rings (SSSR count). The standard InChI is InChI=1S/C6H4Cl2F8S2/c7-17(9,10,11,12)5-2-1-3-6(4-5)18(8,13,14,15)16/h1-4H. The molecule has 0 fully saturated rings. The van der Waals surface area contributed by atoms with Crippen molar-refractivity contribution in [3.8, 4) is 0 Å². The van der Waals surface area contributed by atoms with Crippen LogP contribution in [0.5, 0.6) is 0 Å². The zero-order chi connectivity index (χ0) is 14.8. The second-order valence-corrected chi connectivity index (χ2v) is 12.0. The minimum absolute atomic E-state index is 0.0432. The Bertz CT molecular complexity index is 468. The SMILES string of the molecule is FS(F)(F)(F)(Cl)c1cccc(S(F)(F)(F)(F)Cl)c1. The topological polar surface area (TPSA) is 0 Å². The number of hydrogen-bond acceptors (Lipinski definition) is 0. The molecule has 1 aromatic rings. The van der Waals surface area contributed by atoms with Gasteiger partial charge in [0.1, 0.15) is 0 Å². The van der Waals surface area contributed by atoms with Gasteiger partial charge >= 0.3 is 0 Å². The molecule has 110 valence electrons. The first-order valence-electron chi connectivity index (χ1n) is 3.77. The van der Waals surface area contributed by atoms with Gasteiger partial charge < -0.3 is 0 Å². The van der Waals surface area contributed by atoms with E-state index in [0.717, 1.165) is 0 Å². The van der Waals surface area contributed by atoms with Gasteiger partial charge in [-0.25, -0.2) is 0 Å². The Kier molecular flexibility index (Phi) is 2.40. The molecule has 0 radical (unpaired) electrons. The van der Waals surface area contributed by atoms with Crippen molar-refractivity contribution in [1.29, 1.82) is 0 Å². The van der Waals surface area contributed by atoms with Gasteiger partial charge in [-0.1, -0.05) is 6.07 Å². The molecule has 0 heterocycles. The van der Waals surface area contributed by atoms with Gasteiger partial charge in [-0.3, -0.25) is 0 Å². The normalized spacial score (nSPS) is 21.4. The van der Waals surface area contributed by atoms with Crippen molar-refractivity contribution in [1.82, 2.24) is 0 Å². The molecule has 0 amide bonds. The van der Waals surface area contributed by atoms with Gasteiger partial charge in [0.25, 0.3) is 18.1 Å². The second kappa shape index (κ2) is 2.70. The largest absolute Gasteiger partial charge is 0.253 e. The number of hydrogen-bond donors (Lipinski definition) is 0. The Hall–Kier alpha value is -0.0600. The lowest BCUT2D eigenvalue weighted by molar-refractivity contribution is 0.475. The molecule has 0 atom stereocenters. The summed E-state index contributed by atoms with van der Waals surface area (Å²) in [6.45, 7) is 0. The molecule has 0 aliphatic carbocycles. The molecule has 0 saturated carbocycles. The lowest BCUT2D eigenvalue weighted by Gasteiger charge is -2.45. The van der Waals surface area contributed by atoms with Crippen molar-refractivity contribution in [3.05, 3.63) is 24.3 Å². The van der Waals surface area contributed by atoms with Crippen LogP contribution in [-0.2, 0) is 0 Å². The fourth-order valence-corrected chi connectivity index (χ4v) is 2.98. The van der Waals surface area contributed by atoms with Gasteiger partial charge in [0, 0.05) is 21.4 Å². The highest BCUT2D eigenvalue weighted by atomic mass is 35.7. The molecule has 0 aliphatic rings. The van der Waals surface area contributed by atoms with Gasteiger partial charge in [-0.2, -0.15) is 0 Å². The van der Waals surface area contributed by atoms with Gasteiger partial charge in [-0.05, 0) is 18.2 Å². The fourth-order valence-electron chi connectivity index (χ4n) is 0.954. The Balaban J connectivity index is 3.65. The van der Waals surface area contributed by atoms with Crippen molar-refractivity contribution in [2.75, 3.05) is 0 Å². The van der Waals surface area contributed by atoms with Gasteiger partial charge in [0.15, 0.2) is 0 Å². The van der Waals surface area contributed by atoms with E-state index in [1.807, 2.05) is 0 Å². The maximum atomic E-state index is 12.7. The number of benzene rings is 1. The van der Waals surface area contributed by atoms with Crippen LogP contribution in [0.2, 0.25) is 0 Å². The molecular weight excluding hydrogens is 359 g/mol. The van der Waals surface area contributed by atoms with Crippen molar-refractivity contribution in [2.45, 2.75) is 9.79 Å². The van der Waals surface area contributed by atoms with Crippen LogP contribution in [0.1, 0.15) is 0 Å². The second-order valence-electron chi connectivity index (χ2n) is 3.41. The summed E-state index contributed by atoms with van der Waals surface area (Å²) < 4.78 is 101. The smallest absolute Gasteiger partial charge is 0.107 e. The van der Waals surface area contributed by atoms with E-state index < -0.39 is 34.0 Å². The minimum atomic E-state index is -9.35. The molecule has 12 heteroatoms. The van der Waals surface area contributed by atoms with Crippen LogP contribution in [-0.4, -0.2) is 0 Å². The first-order chi connectivity index (χ1) is 7.19. The van der Waals surface area contributed by atoms with E-state index >= 15 is 0 Å². The molecule has 0 saturated heterocycles. The quantitative estimate of drug-likeness (QED) is 0.476. The van der Waals surface area contributed by atoms with Crippen LogP contribution in [0.4, 0.5) is 31.1 Å². The maximum Gasteiger partial charge on any atom is 0.253 e. The average Bonchev–Trinajstić information content (AvgIpc) is 1.96. The predicted molar refractivity (Wildman–Crippen MR) is 58.7 cm³/mol. The summed E-state index contributed by atoms with van der Waals surface area (Å²) in [5, 5.41) is 0. The van der Waals surface area contributed by atoms with Crippen molar-refractivity contribution in [2.24, 2.45) is 0 Å². The molecule has 0 N–H and O–H groups in total. The molecule has 18 heavy (non-hydrogen) atoms. The van der Waals surface area contributed by atoms with E-state index in [1.54, 1.807) is 0 Å². The van der Waals surface area contributed by atoms with Gasteiger partial charge in [-0.15, -0.1) is 31.1 Å². The summed E-state index contributed by atoms with van der Waals surface area (Å²) in [6, 6.07) is -0.716. The van der Waals surface area contributed by atoms with E-state index in [0.29, 0.717) is 0 Å². The van der Waals surface area contributed by atoms with Crippen LogP contribution in [0.25, 0.3) is 0 Å². The van der Waals surface area contributed by atoms with Crippen LogP contribution in [0, 0.1) is 0 Å². The molecule has 0 aliphatic heterocycles. The third kappa shape index (κ3) is 3.97. The Morgan fingerprint density at radius 2 is 0.944 bits per heavy atom. The van der Waals surface area contributed by atoms with E-state index in [2.05, 4.69) is 21.4 Å². The highest BCUT2D eigenvalue weighted by Crippen LogP contribution is 3.07. The van der Waals surface area contributed by atoms with Crippen molar-refractivity contribution >= 4 is 39.5 Å². The maximum absolute atomic E-state index is 12.7. The van der Waals surface area contributed by atoms with Gasteiger partial charge in [0.05, 0.1) is 9.79 Å². The van der Waals surface area contributed by atoms with E-state index in [4.69, 9.17) is 0 Å². The van der Waals surface area contributed by atoms with Crippen LogP contribution >= 0.6 is 39.5 Å². The Morgan fingerprint density at radius 3 is 1.17 bits per heavy atom. The van der Waals surface area contributed by atoms with E-state index in [9.17, 15) is 31.1 Å². The van der Waals surface area contributed by atoms with E-state index in [1.165, 1.54) is 0 Å². The lowest BCUT2D eigenvalue weighted by Crippen LogP contribution is -2.09. The molecule has 0 nitrogen and oxygen atoms in total. The van der Waals surface area contributed by atoms with Crippen molar-refractivity contribution < 1.29 is 31.1 Å². The van der Waals surface area contributed by atoms with Crippen LogP contribution in [0.3, 0.4) is 0 Å². The minimum Gasteiger partial charge on any atom is -0.107 e. The Labute approximate surface area is 105 Å². The lowest BCUT2D eigenvalue weighted by atomic mass is 10.4. The summed E-state index contributed by atoms with van der Waals surface area (Å²) in [5.74, 6) is 0. The zero-order valence-corrected chi connectivity index (χ0v) is 11.1. The Morgan fingerprint density at radius 1 is 0.667 bits per heavy atom. The van der Waals surface area contributed by atoms with Crippen LogP contribution < -0.4 is 0 Å². The summed E-state index contributed by atoms with van der Waals surface area (Å²) in [7, 11) is -11.1. The average molecular weight is 363 g/mol. The van der Waals surface area contributed by atoms with Crippen LogP contribution in [0.15, 0.2) is 34.1 Å². The molecule has 0 bridgehead atoms. The van der Waals surface area contributed by atoms with Gasteiger partial charge in [0.2, 0.25) is 0 Å². The highest BCUT2D eigenvalue weighted by molar-refractivity contribution is 8.66. The molecule has 0 unspecified atom stereocenters. The third-order valence-corrected chi connectivity index (χ3v) is 5.06. The third-order valence-electron chi connectivity index (χ3n) is 1.70. The summed E-state index contributed by atoms with van der Waals surface area (Å²) in [6.07, 6.45) is 0. The molecule has 0 aromatic heterocycles. The number of halogens is 10.